The average molecular weight is 370 g/mol. The van der Waals surface area contributed by atoms with Crippen molar-refractivity contribution in [3.8, 4) is 5.88 Å². The highest BCUT2D eigenvalue weighted by molar-refractivity contribution is 5.75. The van der Waals surface area contributed by atoms with Crippen molar-refractivity contribution >= 4 is 12.1 Å². The summed E-state index contributed by atoms with van der Waals surface area (Å²) in [6.07, 6.45) is 2.04. The highest BCUT2D eigenvalue weighted by Crippen LogP contribution is 2.27. The molecule has 1 atom stereocenters. The molecule has 0 spiro atoms. The van der Waals surface area contributed by atoms with Gasteiger partial charge in [-0.3, -0.25) is 4.79 Å². The van der Waals surface area contributed by atoms with Crippen LogP contribution in [0.25, 0.3) is 0 Å². The van der Waals surface area contributed by atoms with Crippen molar-refractivity contribution in [3.05, 3.63) is 11.8 Å². The van der Waals surface area contributed by atoms with Crippen molar-refractivity contribution in [2.75, 3.05) is 13.2 Å². The van der Waals surface area contributed by atoms with Crippen molar-refractivity contribution in [3.63, 3.8) is 0 Å². The van der Waals surface area contributed by atoms with Gasteiger partial charge in [0.15, 0.2) is 5.76 Å². The number of carbonyl (C=O) groups is 2. The summed E-state index contributed by atoms with van der Waals surface area (Å²) in [5, 5.41) is 15.7. The monoisotopic (exact) mass is 370 g/mol. The SMILES string of the molecule is CC(C)C(C(=O)O)c1cc(OCCCCCNC(=O)OC(C)(C)C)no1. The molecule has 2 N–H and O–H groups in total. The molecule has 8 heteroatoms. The highest BCUT2D eigenvalue weighted by atomic mass is 16.6. The van der Waals surface area contributed by atoms with Crippen LogP contribution in [0.15, 0.2) is 10.6 Å². The molecule has 0 fully saturated rings. The van der Waals surface area contributed by atoms with Gasteiger partial charge in [-0.2, -0.15) is 0 Å². The quantitative estimate of drug-likeness (QED) is 0.606. The largest absolute Gasteiger partial charge is 0.481 e. The van der Waals surface area contributed by atoms with Gasteiger partial charge in [-0.15, -0.1) is 0 Å². The Kier molecular flexibility index (Phi) is 8.41. The number of hydrogen-bond donors (Lipinski definition) is 2. The van der Waals surface area contributed by atoms with E-state index in [1.165, 1.54) is 6.07 Å². The van der Waals surface area contributed by atoms with Crippen LogP contribution in [0.5, 0.6) is 5.88 Å². The molecule has 0 bridgehead atoms. The Hall–Kier alpha value is -2.25. The zero-order valence-corrected chi connectivity index (χ0v) is 16.2. The van der Waals surface area contributed by atoms with Crippen molar-refractivity contribution < 1.29 is 28.7 Å². The van der Waals surface area contributed by atoms with E-state index in [4.69, 9.17) is 14.0 Å². The molecular weight excluding hydrogens is 340 g/mol. The predicted octanol–water partition coefficient (Wildman–Crippen LogP) is 3.57. The van der Waals surface area contributed by atoms with Gasteiger partial charge in [0.2, 0.25) is 0 Å². The first kappa shape index (κ1) is 21.8. The van der Waals surface area contributed by atoms with Crippen LogP contribution >= 0.6 is 0 Å². The van der Waals surface area contributed by atoms with Crippen molar-refractivity contribution in [1.29, 1.82) is 0 Å². The smallest absolute Gasteiger partial charge is 0.407 e. The van der Waals surface area contributed by atoms with Crippen molar-refractivity contribution in [1.82, 2.24) is 10.5 Å². The van der Waals surface area contributed by atoms with Gasteiger partial charge in [0, 0.05) is 12.6 Å². The number of rotatable bonds is 10. The number of carbonyl (C=O) groups excluding carboxylic acids is 1. The summed E-state index contributed by atoms with van der Waals surface area (Å²) < 4.78 is 15.7. The minimum atomic E-state index is -0.944. The molecule has 26 heavy (non-hydrogen) atoms. The lowest BCUT2D eigenvalue weighted by molar-refractivity contribution is -0.140. The molecule has 0 aliphatic rings. The molecule has 0 aliphatic carbocycles. The standard InChI is InChI=1S/C18H30N2O6/c1-12(2)15(16(21)22)13-11-14(20-26-13)24-10-8-6-7-9-19-17(23)25-18(3,4)5/h11-12,15H,6-10H2,1-5H3,(H,19,23)(H,21,22). The van der Waals surface area contributed by atoms with Gasteiger partial charge in [0.1, 0.15) is 11.5 Å². The molecule has 0 radical (unpaired) electrons. The normalized spacial score (nSPS) is 12.7. The van der Waals surface area contributed by atoms with Crippen molar-refractivity contribution in [2.24, 2.45) is 5.92 Å². The number of nitrogens with zero attached hydrogens (tertiary/aromatic N) is 1. The third kappa shape index (κ3) is 8.22. The zero-order valence-electron chi connectivity index (χ0n) is 16.2. The minimum absolute atomic E-state index is 0.106. The summed E-state index contributed by atoms with van der Waals surface area (Å²) in [6.45, 7) is 10.1. The fraction of sp³-hybridized carbons (Fsp3) is 0.722. The second-order valence-electron chi connectivity index (χ2n) is 7.47. The molecule has 1 rings (SSSR count). The third-order valence-corrected chi connectivity index (χ3v) is 3.49. The molecule has 1 aromatic rings. The van der Waals surface area contributed by atoms with E-state index in [1.807, 2.05) is 34.6 Å². The molecule has 1 amide bonds. The lowest BCUT2D eigenvalue weighted by Crippen LogP contribution is -2.33. The molecular formula is C18H30N2O6. The van der Waals surface area contributed by atoms with Gasteiger partial charge in [-0.25, -0.2) is 4.79 Å². The average Bonchev–Trinajstić information content (AvgIpc) is 2.91. The van der Waals surface area contributed by atoms with Gasteiger partial charge >= 0.3 is 12.1 Å². The number of ether oxygens (including phenoxy) is 2. The van der Waals surface area contributed by atoms with Crippen molar-refractivity contribution in [2.45, 2.75) is 65.4 Å². The van der Waals surface area contributed by atoms with Gasteiger partial charge in [0.05, 0.1) is 6.61 Å². The lowest BCUT2D eigenvalue weighted by Gasteiger charge is -2.19. The number of unbranched alkanes of at least 4 members (excludes halogenated alkanes) is 2. The van der Waals surface area contributed by atoms with Crippen LogP contribution in [0.2, 0.25) is 0 Å². The lowest BCUT2D eigenvalue weighted by atomic mass is 9.94. The topological polar surface area (TPSA) is 111 Å². The van der Waals surface area contributed by atoms with Crippen LogP contribution in [0, 0.1) is 5.92 Å². The summed E-state index contributed by atoms with van der Waals surface area (Å²) >= 11 is 0. The van der Waals surface area contributed by atoms with Crippen LogP contribution in [0.3, 0.4) is 0 Å². The van der Waals surface area contributed by atoms with Gasteiger partial charge < -0.3 is 24.4 Å². The number of amides is 1. The minimum Gasteiger partial charge on any atom is -0.481 e. The molecule has 0 aromatic carbocycles. The van der Waals surface area contributed by atoms with E-state index in [-0.39, 0.29) is 5.92 Å². The molecule has 0 saturated carbocycles. The molecule has 8 nitrogen and oxygen atoms in total. The first-order valence-corrected chi connectivity index (χ1v) is 8.89. The number of alkyl carbamates (subject to hydrolysis) is 1. The predicted molar refractivity (Wildman–Crippen MR) is 95.3 cm³/mol. The van der Waals surface area contributed by atoms with E-state index in [0.29, 0.717) is 24.8 Å². The van der Waals surface area contributed by atoms with E-state index in [9.17, 15) is 14.7 Å². The van der Waals surface area contributed by atoms with E-state index in [2.05, 4.69) is 10.5 Å². The summed E-state index contributed by atoms with van der Waals surface area (Å²) in [5.41, 5.74) is -0.496. The molecule has 0 aliphatic heterocycles. The maximum atomic E-state index is 11.5. The zero-order chi connectivity index (χ0) is 19.7. The first-order chi connectivity index (χ1) is 12.1. The Balaban J connectivity index is 2.21. The number of carboxylic acids is 1. The number of aromatic nitrogens is 1. The van der Waals surface area contributed by atoms with Crippen LogP contribution < -0.4 is 10.1 Å². The maximum absolute atomic E-state index is 11.5. The van der Waals surface area contributed by atoms with E-state index in [1.54, 1.807) is 0 Å². The highest BCUT2D eigenvalue weighted by Gasteiger charge is 2.28. The van der Waals surface area contributed by atoms with Gasteiger partial charge in [-0.1, -0.05) is 13.8 Å². The summed E-state index contributed by atoms with van der Waals surface area (Å²) in [5.74, 6) is -1.20. The molecule has 0 saturated heterocycles. The number of nitrogens with one attached hydrogen (secondary N) is 1. The molecule has 1 aromatic heterocycles. The summed E-state index contributed by atoms with van der Waals surface area (Å²) in [7, 11) is 0. The molecule has 1 unspecified atom stereocenters. The maximum Gasteiger partial charge on any atom is 0.407 e. The second-order valence-corrected chi connectivity index (χ2v) is 7.47. The van der Waals surface area contributed by atoms with Crippen LogP contribution in [0.1, 0.15) is 65.6 Å². The van der Waals surface area contributed by atoms with Gasteiger partial charge in [-0.05, 0) is 51.1 Å². The molecule has 1 heterocycles. The number of carboxylic acid groups (broad SMARTS) is 1. The van der Waals surface area contributed by atoms with Crippen LogP contribution in [-0.2, 0) is 9.53 Å². The van der Waals surface area contributed by atoms with Crippen LogP contribution in [0.4, 0.5) is 4.79 Å². The summed E-state index contributed by atoms with van der Waals surface area (Å²) in [6, 6.07) is 1.53. The Bertz CT molecular complexity index is 576. The van der Waals surface area contributed by atoms with E-state index >= 15 is 0 Å². The Morgan fingerprint density at radius 3 is 2.54 bits per heavy atom. The van der Waals surface area contributed by atoms with E-state index in [0.717, 1.165) is 19.3 Å². The Labute approximate surface area is 154 Å². The Morgan fingerprint density at radius 2 is 1.96 bits per heavy atom. The number of hydrogen-bond acceptors (Lipinski definition) is 6. The molecule has 148 valence electrons. The summed E-state index contributed by atoms with van der Waals surface area (Å²) in [4.78, 5) is 22.7. The first-order valence-electron chi connectivity index (χ1n) is 8.89. The number of aliphatic carboxylic acids is 1. The third-order valence-electron chi connectivity index (χ3n) is 3.49. The fourth-order valence-electron chi connectivity index (χ4n) is 2.31. The van der Waals surface area contributed by atoms with Gasteiger partial charge in [0.25, 0.3) is 5.88 Å². The van der Waals surface area contributed by atoms with Crippen LogP contribution in [-0.4, -0.2) is 41.1 Å². The fourth-order valence-corrected chi connectivity index (χ4v) is 2.31. The Morgan fingerprint density at radius 1 is 1.27 bits per heavy atom. The van der Waals surface area contributed by atoms with E-state index < -0.39 is 23.6 Å². The second kappa shape index (κ2) is 10.0.